The topological polar surface area (TPSA) is 237 Å². The predicted octanol–water partition coefficient (Wildman–Crippen LogP) is 22.1. The summed E-state index contributed by atoms with van der Waals surface area (Å²) in [6, 6.07) is 0. The highest BCUT2D eigenvalue weighted by Crippen LogP contribution is 2.45. The van der Waals surface area contributed by atoms with Crippen LogP contribution in [0.25, 0.3) is 0 Å². The SMILES string of the molecule is CCCCCCCCCCCCCCCCCCCCC(=O)O[C@H](COC(=O)CCCCCCCCCCCCCCCCC)COP(=O)(O)OC[C@@H](O)COP(=O)(O)OC[C@@H](COC(=O)CCCCCCCCCCC)OC(=O)CCCCCCCCCCCC(C)C. The molecule has 17 nitrogen and oxygen atoms in total. The molecule has 0 heterocycles. The van der Waals surface area contributed by atoms with Crippen LogP contribution in [0.3, 0.4) is 0 Å². The highest BCUT2D eigenvalue weighted by Gasteiger charge is 2.30. The van der Waals surface area contributed by atoms with Crippen molar-refractivity contribution in [1.82, 2.24) is 0 Å². The number of ether oxygens (including phenoxy) is 4. The molecular formula is C75H146O17P2. The van der Waals surface area contributed by atoms with Crippen LogP contribution in [0.2, 0.25) is 0 Å². The zero-order valence-electron chi connectivity index (χ0n) is 61.1. The minimum atomic E-state index is -4.96. The summed E-state index contributed by atoms with van der Waals surface area (Å²) >= 11 is 0. The summed E-state index contributed by atoms with van der Waals surface area (Å²) in [5.41, 5.74) is 0. The fourth-order valence-electron chi connectivity index (χ4n) is 11.5. The maximum Gasteiger partial charge on any atom is 0.472 e. The minimum Gasteiger partial charge on any atom is -0.462 e. The molecule has 94 heavy (non-hydrogen) atoms. The molecule has 3 N–H and O–H groups in total. The lowest BCUT2D eigenvalue weighted by Crippen LogP contribution is -2.30. The molecule has 558 valence electrons. The quantitative estimate of drug-likeness (QED) is 0.0222. The number of phosphoric acid groups is 2. The normalized spacial score (nSPS) is 14.0. The van der Waals surface area contributed by atoms with Crippen LogP contribution in [0.4, 0.5) is 0 Å². The van der Waals surface area contributed by atoms with Gasteiger partial charge in [0.05, 0.1) is 26.4 Å². The first-order valence-corrected chi connectivity index (χ1v) is 42.1. The molecule has 0 saturated heterocycles. The van der Waals surface area contributed by atoms with Crippen molar-refractivity contribution in [3.8, 4) is 0 Å². The summed E-state index contributed by atoms with van der Waals surface area (Å²) in [5, 5.41) is 10.6. The summed E-state index contributed by atoms with van der Waals surface area (Å²) in [4.78, 5) is 72.7. The second-order valence-corrected chi connectivity index (χ2v) is 30.4. The first-order valence-electron chi connectivity index (χ1n) is 39.1. The largest absolute Gasteiger partial charge is 0.472 e. The van der Waals surface area contributed by atoms with E-state index in [0.29, 0.717) is 25.7 Å². The van der Waals surface area contributed by atoms with Crippen LogP contribution in [-0.2, 0) is 65.4 Å². The van der Waals surface area contributed by atoms with Crippen molar-refractivity contribution in [3.05, 3.63) is 0 Å². The molecular weight excluding hydrogens is 1230 g/mol. The van der Waals surface area contributed by atoms with Crippen LogP contribution < -0.4 is 0 Å². The zero-order valence-corrected chi connectivity index (χ0v) is 62.9. The van der Waals surface area contributed by atoms with Crippen molar-refractivity contribution in [2.24, 2.45) is 5.92 Å². The Kier molecular flexibility index (Phi) is 66.8. The molecule has 0 aromatic carbocycles. The Balaban J connectivity index is 5.22. The summed E-state index contributed by atoms with van der Waals surface area (Å²) in [6.07, 6.45) is 56.9. The average Bonchev–Trinajstić information content (AvgIpc) is 1.20. The van der Waals surface area contributed by atoms with Gasteiger partial charge < -0.3 is 33.8 Å². The molecule has 0 amide bonds. The Labute approximate surface area is 575 Å². The van der Waals surface area contributed by atoms with Crippen LogP contribution in [0.1, 0.15) is 394 Å². The van der Waals surface area contributed by atoms with E-state index in [-0.39, 0.29) is 25.7 Å². The summed E-state index contributed by atoms with van der Waals surface area (Å²) < 4.78 is 68.5. The smallest absolute Gasteiger partial charge is 0.462 e. The van der Waals surface area contributed by atoms with Crippen molar-refractivity contribution in [3.63, 3.8) is 0 Å². The Bertz CT molecular complexity index is 1810. The van der Waals surface area contributed by atoms with Gasteiger partial charge in [0.25, 0.3) is 0 Å². The lowest BCUT2D eigenvalue weighted by atomic mass is 10.0. The fourth-order valence-corrected chi connectivity index (χ4v) is 13.1. The molecule has 0 aliphatic carbocycles. The first kappa shape index (κ1) is 92.1. The van der Waals surface area contributed by atoms with E-state index in [9.17, 15) is 43.2 Å². The number of rotatable bonds is 75. The maximum atomic E-state index is 13.1. The van der Waals surface area contributed by atoms with Gasteiger partial charge in [-0.3, -0.25) is 37.3 Å². The van der Waals surface area contributed by atoms with Gasteiger partial charge >= 0.3 is 39.5 Å². The second kappa shape index (κ2) is 68.2. The highest BCUT2D eigenvalue weighted by molar-refractivity contribution is 7.47. The van der Waals surface area contributed by atoms with Gasteiger partial charge in [-0.2, -0.15) is 0 Å². The van der Waals surface area contributed by atoms with Crippen molar-refractivity contribution < 1.29 is 80.2 Å². The van der Waals surface area contributed by atoms with Crippen LogP contribution in [0.5, 0.6) is 0 Å². The molecule has 0 rings (SSSR count). The van der Waals surface area contributed by atoms with Gasteiger partial charge in [0.2, 0.25) is 0 Å². The molecule has 0 aliphatic rings. The molecule has 5 atom stereocenters. The van der Waals surface area contributed by atoms with E-state index in [0.717, 1.165) is 95.8 Å². The van der Waals surface area contributed by atoms with E-state index in [1.807, 2.05) is 0 Å². The van der Waals surface area contributed by atoms with Crippen molar-refractivity contribution in [2.45, 2.75) is 412 Å². The van der Waals surface area contributed by atoms with Gasteiger partial charge in [-0.25, -0.2) is 9.13 Å². The first-order chi connectivity index (χ1) is 45.5. The zero-order chi connectivity index (χ0) is 69.1. The maximum absolute atomic E-state index is 13.1. The third kappa shape index (κ3) is 68.6. The molecule has 0 aliphatic heterocycles. The number of aliphatic hydroxyl groups excluding tert-OH is 1. The van der Waals surface area contributed by atoms with Crippen molar-refractivity contribution in [2.75, 3.05) is 39.6 Å². The molecule has 0 saturated carbocycles. The second-order valence-electron chi connectivity index (χ2n) is 27.5. The summed E-state index contributed by atoms with van der Waals surface area (Å²) in [5.74, 6) is -1.38. The van der Waals surface area contributed by atoms with Gasteiger partial charge in [0.1, 0.15) is 19.3 Å². The van der Waals surface area contributed by atoms with Crippen LogP contribution in [0.15, 0.2) is 0 Å². The van der Waals surface area contributed by atoms with E-state index in [4.69, 9.17) is 37.0 Å². The molecule has 0 spiro atoms. The van der Waals surface area contributed by atoms with E-state index >= 15 is 0 Å². The number of aliphatic hydroxyl groups is 1. The summed E-state index contributed by atoms with van der Waals surface area (Å²) in [7, 11) is -9.91. The van der Waals surface area contributed by atoms with Crippen LogP contribution in [0, 0.1) is 5.92 Å². The van der Waals surface area contributed by atoms with E-state index in [1.165, 1.54) is 218 Å². The molecule has 0 radical (unpaired) electrons. The predicted molar refractivity (Wildman–Crippen MR) is 382 cm³/mol. The van der Waals surface area contributed by atoms with E-state index in [2.05, 4.69) is 34.6 Å². The number of phosphoric ester groups is 2. The Morgan fingerprint density at radius 2 is 0.489 bits per heavy atom. The Morgan fingerprint density at radius 3 is 0.723 bits per heavy atom. The van der Waals surface area contributed by atoms with E-state index in [1.54, 1.807) is 0 Å². The number of carbonyl (C=O) groups excluding carboxylic acids is 4. The summed E-state index contributed by atoms with van der Waals surface area (Å²) in [6.45, 7) is 7.25. The minimum absolute atomic E-state index is 0.106. The van der Waals surface area contributed by atoms with E-state index < -0.39 is 97.5 Å². The lowest BCUT2D eigenvalue weighted by molar-refractivity contribution is -0.161. The van der Waals surface area contributed by atoms with Gasteiger partial charge in [0, 0.05) is 25.7 Å². The van der Waals surface area contributed by atoms with Crippen LogP contribution in [-0.4, -0.2) is 96.7 Å². The molecule has 0 bridgehead atoms. The Hall–Kier alpha value is -1.94. The van der Waals surface area contributed by atoms with Gasteiger partial charge in [-0.05, 0) is 31.6 Å². The van der Waals surface area contributed by atoms with Gasteiger partial charge in [-0.15, -0.1) is 0 Å². The monoisotopic (exact) mass is 1380 g/mol. The van der Waals surface area contributed by atoms with Gasteiger partial charge in [-0.1, -0.05) is 343 Å². The third-order valence-electron chi connectivity index (χ3n) is 17.5. The molecule has 2 unspecified atom stereocenters. The van der Waals surface area contributed by atoms with Crippen molar-refractivity contribution in [1.29, 1.82) is 0 Å². The molecule has 0 aromatic rings. The molecule has 19 heteroatoms. The molecule has 0 fully saturated rings. The highest BCUT2D eigenvalue weighted by atomic mass is 31.2. The number of carbonyl (C=O) groups is 4. The third-order valence-corrected chi connectivity index (χ3v) is 19.4. The van der Waals surface area contributed by atoms with Crippen LogP contribution >= 0.6 is 15.6 Å². The number of unbranched alkanes of at least 4 members (excludes halogenated alkanes) is 47. The van der Waals surface area contributed by atoms with Crippen molar-refractivity contribution >= 4 is 39.5 Å². The number of hydrogen-bond acceptors (Lipinski definition) is 15. The average molecular weight is 1380 g/mol. The number of hydrogen-bond donors (Lipinski definition) is 3. The fraction of sp³-hybridized carbons (Fsp3) is 0.947. The van der Waals surface area contributed by atoms with Gasteiger partial charge in [0.15, 0.2) is 12.2 Å². The number of esters is 4. The lowest BCUT2D eigenvalue weighted by Gasteiger charge is -2.21. The Morgan fingerprint density at radius 1 is 0.287 bits per heavy atom. The molecule has 0 aromatic heterocycles. The standard InChI is InChI=1S/C75H146O17P2/c1-6-9-12-15-18-21-23-25-27-28-29-31-33-35-40-45-50-55-60-74(79)91-71(65-86-73(78)59-54-49-44-39-34-32-30-26-24-22-19-16-13-10-7-2)67-90-94(83,84)88-63-69(76)62-87-93(81,82)89-66-70(64-85-72(77)58-53-48-43-37-20-17-14-11-8-3)92-75(80)61-56-51-46-41-36-38-42-47-52-57-68(4)5/h68-71,76H,6-67H2,1-5H3,(H,81,82)(H,83,84)/t69-,70+,71+/m0/s1.